The van der Waals surface area contributed by atoms with Crippen molar-refractivity contribution in [3.8, 4) is 11.4 Å². The summed E-state index contributed by atoms with van der Waals surface area (Å²) in [4.78, 5) is 8.21. The number of hydrogen-bond donors (Lipinski definition) is 0. The Labute approximate surface area is 90.4 Å². The Morgan fingerprint density at radius 2 is 1.77 bits per heavy atom. The number of rotatable bonds is 1. The number of nitrogens with zero attached hydrogens (tertiary/aromatic N) is 2. The molecule has 0 aliphatic rings. The van der Waals surface area contributed by atoms with Gasteiger partial charge in [-0.3, -0.25) is 9.97 Å². The van der Waals surface area contributed by atoms with Crippen LogP contribution < -0.4 is 0 Å². The van der Waals surface area contributed by atoms with Crippen LogP contribution in [0.4, 0.5) is 0 Å². The number of aromatic nitrogens is 2. The summed E-state index contributed by atoms with van der Waals surface area (Å²) in [5.74, 6) is 0.720. The molecule has 0 fully saturated rings. The molecule has 0 N–H and O–H groups in total. The second-order valence-corrected chi connectivity index (χ2v) is 2.35. The smallest absolute Gasteiger partial charge is 0.0748 e. The first-order valence-electron chi connectivity index (χ1n) is 3.71. The van der Waals surface area contributed by atoms with Crippen LogP contribution in [0.15, 0.2) is 42.7 Å². The quantitative estimate of drug-likeness (QED) is 0.737. The van der Waals surface area contributed by atoms with Crippen LogP contribution in [-0.2, 0) is 20.1 Å². The van der Waals surface area contributed by atoms with Crippen LogP contribution in [0.25, 0.3) is 11.4 Å². The molecule has 0 atom stereocenters. The van der Waals surface area contributed by atoms with E-state index in [0.29, 0.717) is 0 Å². The van der Waals surface area contributed by atoms with E-state index in [4.69, 9.17) is 0 Å². The Kier molecular flexibility index (Phi) is 3.74. The largest absolute Gasteiger partial charge is 0.285 e. The van der Waals surface area contributed by atoms with Gasteiger partial charge in [-0.1, -0.05) is 0 Å². The molecule has 1 aromatic carbocycles. The fraction of sp³-hybridized carbons (Fsp3) is 0. The second-order valence-electron chi connectivity index (χ2n) is 2.35. The minimum Gasteiger partial charge on any atom is -0.285 e. The SMILES string of the molecule is [Ir].[c-]1ccccc1-c1ncccn1. The van der Waals surface area contributed by atoms with Gasteiger partial charge in [0.05, 0.1) is 5.82 Å². The van der Waals surface area contributed by atoms with E-state index in [2.05, 4.69) is 16.0 Å². The standard InChI is InChI=1S/C10H7N2.Ir/c1-2-5-9(6-3-1)10-11-7-4-8-12-10;/h1-5,7-8H;/q-1;. The van der Waals surface area contributed by atoms with Crippen molar-refractivity contribution in [2.45, 2.75) is 0 Å². The zero-order chi connectivity index (χ0) is 8.23. The number of hydrogen-bond acceptors (Lipinski definition) is 2. The fourth-order valence-electron chi connectivity index (χ4n) is 0.971. The summed E-state index contributed by atoms with van der Waals surface area (Å²) in [7, 11) is 0. The van der Waals surface area contributed by atoms with Gasteiger partial charge in [0.15, 0.2) is 0 Å². The third-order valence-electron chi connectivity index (χ3n) is 1.52. The molecule has 0 saturated carbocycles. The Bertz CT molecular complexity index is 310. The van der Waals surface area contributed by atoms with Crippen molar-refractivity contribution in [2.24, 2.45) is 0 Å². The first-order chi connectivity index (χ1) is 5.97. The van der Waals surface area contributed by atoms with Crippen molar-refractivity contribution in [1.82, 2.24) is 9.97 Å². The summed E-state index contributed by atoms with van der Waals surface area (Å²) in [5.41, 5.74) is 0.929. The van der Waals surface area contributed by atoms with E-state index in [9.17, 15) is 0 Å². The summed E-state index contributed by atoms with van der Waals surface area (Å²) in [5, 5.41) is 0. The van der Waals surface area contributed by atoms with Crippen LogP contribution in [0.5, 0.6) is 0 Å². The molecule has 2 rings (SSSR count). The fourth-order valence-corrected chi connectivity index (χ4v) is 0.971. The van der Waals surface area contributed by atoms with Gasteiger partial charge in [0, 0.05) is 32.5 Å². The summed E-state index contributed by atoms with van der Waals surface area (Å²) < 4.78 is 0. The molecule has 2 nitrogen and oxygen atoms in total. The van der Waals surface area contributed by atoms with E-state index < -0.39 is 0 Å². The first kappa shape index (κ1) is 10.0. The van der Waals surface area contributed by atoms with E-state index in [1.807, 2.05) is 24.3 Å². The van der Waals surface area contributed by atoms with Gasteiger partial charge < -0.3 is 0 Å². The maximum atomic E-state index is 4.11. The Morgan fingerprint density at radius 1 is 1.00 bits per heavy atom. The molecule has 3 heteroatoms. The molecule has 0 aliphatic carbocycles. The topological polar surface area (TPSA) is 25.8 Å². The van der Waals surface area contributed by atoms with Gasteiger partial charge in [0.25, 0.3) is 0 Å². The molecule has 0 saturated heterocycles. The van der Waals surface area contributed by atoms with Gasteiger partial charge in [-0.25, -0.2) is 0 Å². The molecule has 0 spiro atoms. The van der Waals surface area contributed by atoms with Crippen LogP contribution in [0.3, 0.4) is 0 Å². The monoisotopic (exact) mass is 348 g/mol. The summed E-state index contributed by atoms with van der Waals surface area (Å²) >= 11 is 0. The van der Waals surface area contributed by atoms with Crippen LogP contribution in [-0.4, -0.2) is 9.97 Å². The third kappa shape index (κ3) is 2.44. The normalized spacial score (nSPS) is 8.92. The van der Waals surface area contributed by atoms with Crippen LogP contribution in [0, 0.1) is 6.07 Å². The van der Waals surface area contributed by atoms with Gasteiger partial charge in [-0.05, 0) is 6.07 Å². The summed E-state index contributed by atoms with van der Waals surface area (Å²) in [6.07, 6.45) is 3.45. The maximum Gasteiger partial charge on any atom is 0.0748 e. The summed E-state index contributed by atoms with van der Waals surface area (Å²) in [6, 6.07) is 12.5. The van der Waals surface area contributed by atoms with Crippen LogP contribution in [0.1, 0.15) is 0 Å². The van der Waals surface area contributed by atoms with E-state index in [0.717, 1.165) is 11.4 Å². The van der Waals surface area contributed by atoms with Crippen molar-refractivity contribution in [3.63, 3.8) is 0 Å². The van der Waals surface area contributed by atoms with Crippen LogP contribution >= 0.6 is 0 Å². The third-order valence-corrected chi connectivity index (χ3v) is 1.52. The van der Waals surface area contributed by atoms with E-state index in [-0.39, 0.29) is 20.1 Å². The second kappa shape index (κ2) is 4.85. The predicted molar refractivity (Wildman–Crippen MR) is 46.3 cm³/mol. The Morgan fingerprint density at radius 3 is 2.38 bits per heavy atom. The van der Waals surface area contributed by atoms with Crippen molar-refractivity contribution >= 4 is 0 Å². The van der Waals surface area contributed by atoms with Crippen molar-refractivity contribution in [3.05, 3.63) is 48.8 Å². The molecule has 0 unspecified atom stereocenters. The molecule has 13 heavy (non-hydrogen) atoms. The van der Waals surface area contributed by atoms with E-state index >= 15 is 0 Å². The molecular formula is C10H7IrN2-. The van der Waals surface area contributed by atoms with Crippen molar-refractivity contribution in [2.75, 3.05) is 0 Å². The minimum absolute atomic E-state index is 0. The van der Waals surface area contributed by atoms with Gasteiger partial charge in [-0.2, -0.15) is 0 Å². The maximum absolute atomic E-state index is 4.11. The van der Waals surface area contributed by atoms with Gasteiger partial charge >= 0.3 is 0 Å². The Hall–Kier alpha value is -1.05. The molecule has 2 aromatic rings. The van der Waals surface area contributed by atoms with E-state index in [1.165, 1.54) is 0 Å². The summed E-state index contributed by atoms with van der Waals surface area (Å²) in [6.45, 7) is 0. The van der Waals surface area contributed by atoms with Crippen molar-refractivity contribution in [1.29, 1.82) is 0 Å². The molecule has 1 radical (unpaired) electrons. The molecule has 1 aromatic heterocycles. The molecule has 67 valence electrons. The average Bonchev–Trinajstić information content (AvgIpc) is 2.21. The molecule has 0 aliphatic heterocycles. The zero-order valence-electron chi connectivity index (χ0n) is 6.77. The molecule has 1 heterocycles. The van der Waals surface area contributed by atoms with Gasteiger partial charge in [0.2, 0.25) is 0 Å². The molecule has 0 amide bonds. The predicted octanol–water partition coefficient (Wildman–Crippen LogP) is 1.94. The molecular weight excluding hydrogens is 340 g/mol. The Balaban J connectivity index is 0.000000845. The molecule has 0 bridgehead atoms. The van der Waals surface area contributed by atoms with Gasteiger partial charge in [0.1, 0.15) is 0 Å². The van der Waals surface area contributed by atoms with Gasteiger partial charge in [-0.15, -0.1) is 35.9 Å². The average molecular weight is 347 g/mol. The number of benzene rings is 1. The van der Waals surface area contributed by atoms with Crippen LogP contribution in [0.2, 0.25) is 0 Å². The minimum atomic E-state index is 0. The van der Waals surface area contributed by atoms with E-state index in [1.54, 1.807) is 18.5 Å². The zero-order valence-corrected chi connectivity index (χ0v) is 9.16. The first-order valence-corrected chi connectivity index (χ1v) is 3.71. The van der Waals surface area contributed by atoms with Crippen molar-refractivity contribution < 1.29 is 20.1 Å².